The third-order valence-corrected chi connectivity index (χ3v) is 5.91. The molecule has 0 amide bonds. The van der Waals surface area contributed by atoms with Crippen LogP contribution < -0.4 is 4.72 Å². The Morgan fingerprint density at radius 3 is 2.58 bits per heavy atom. The van der Waals surface area contributed by atoms with Crippen LogP contribution in [0.25, 0.3) is 11.0 Å². The lowest BCUT2D eigenvalue weighted by Gasteiger charge is -2.19. The summed E-state index contributed by atoms with van der Waals surface area (Å²) in [6, 6.07) is 13.2. The van der Waals surface area contributed by atoms with Crippen molar-refractivity contribution >= 4 is 21.0 Å². The molecule has 5 nitrogen and oxygen atoms in total. The first-order valence-corrected chi connectivity index (χ1v) is 9.69. The molecule has 0 aliphatic carbocycles. The molecule has 0 bridgehead atoms. The lowest BCUT2D eigenvalue weighted by Crippen LogP contribution is -2.34. The van der Waals surface area contributed by atoms with Gasteiger partial charge < -0.3 is 9.52 Å². The molecule has 0 aliphatic heterocycles. The van der Waals surface area contributed by atoms with Crippen LogP contribution in [-0.2, 0) is 10.0 Å². The van der Waals surface area contributed by atoms with E-state index in [9.17, 15) is 17.9 Å². The molecule has 7 heteroatoms. The lowest BCUT2D eigenvalue weighted by molar-refractivity contribution is 0.153. The van der Waals surface area contributed by atoms with E-state index in [0.29, 0.717) is 16.5 Å². The number of fused-ring (bicyclic) bond motifs is 1. The molecule has 3 aromatic rings. The van der Waals surface area contributed by atoms with Crippen LogP contribution in [-0.4, -0.2) is 26.2 Å². The minimum atomic E-state index is -3.98. The topological polar surface area (TPSA) is 79.5 Å². The van der Waals surface area contributed by atoms with Gasteiger partial charge in [-0.15, -0.1) is 0 Å². The molecule has 0 saturated heterocycles. The Kier molecular flexibility index (Phi) is 5.13. The Bertz CT molecular complexity index is 1010. The van der Waals surface area contributed by atoms with E-state index in [4.69, 9.17) is 4.42 Å². The third kappa shape index (κ3) is 3.65. The zero-order valence-electron chi connectivity index (χ0n) is 14.4. The maximum atomic E-state index is 13.4. The number of rotatable bonds is 6. The Hall–Kier alpha value is -2.22. The summed E-state index contributed by atoms with van der Waals surface area (Å²) in [5, 5.41) is 10.5. The number of nitrogens with one attached hydrogen (secondary N) is 1. The summed E-state index contributed by atoms with van der Waals surface area (Å²) >= 11 is 0. The predicted molar refractivity (Wildman–Crippen MR) is 97.0 cm³/mol. The van der Waals surface area contributed by atoms with Gasteiger partial charge in [-0.1, -0.05) is 37.3 Å². The van der Waals surface area contributed by atoms with Gasteiger partial charge in [0.2, 0.25) is 5.09 Å². The summed E-state index contributed by atoms with van der Waals surface area (Å²) in [6.45, 7) is 3.22. The van der Waals surface area contributed by atoms with E-state index in [1.165, 1.54) is 18.2 Å². The molecule has 2 unspecified atom stereocenters. The average molecular weight is 377 g/mol. The van der Waals surface area contributed by atoms with Crippen molar-refractivity contribution in [3.63, 3.8) is 0 Å². The molecule has 1 heterocycles. The molecule has 2 atom stereocenters. The molecule has 0 saturated carbocycles. The van der Waals surface area contributed by atoms with E-state index >= 15 is 0 Å². The number of furan rings is 1. The Labute approximate surface area is 151 Å². The molecule has 138 valence electrons. The van der Waals surface area contributed by atoms with E-state index in [1.807, 2.05) is 37.3 Å². The standard InChI is InChI=1S/C19H20FNO4S/c1-12(14-6-4-3-5-7-14)17(22)11-21-26(23,24)19-13(2)16-10-15(20)8-9-18(16)25-19/h3-10,12,17,21-22H,11H2,1-2H3. The number of hydrogen-bond acceptors (Lipinski definition) is 4. The van der Waals surface area contributed by atoms with Gasteiger partial charge in [-0.25, -0.2) is 17.5 Å². The molecule has 3 rings (SSSR count). The van der Waals surface area contributed by atoms with Crippen molar-refractivity contribution in [2.75, 3.05) is 6.54 Å². The van der Waals surface area contributed by atoms with Crippen molar-refractivity contribution in [2.24, 2.45) is 0 Å². The van der Waals surface area contributed by atoms with Gasteiger partial charge in [0.1, 0.15) is 11.4 Å². The van der Waals surface area contributed by atoms with Crippen molar-refractivity contribution in [2.45, 2.75) is 31.0 Å². The Morgan fingerprint density at radius 1 is 1.19 bits per heavy atom. The highest BCUT2D eigenvalue weighted by Gasteiger charge is 2.26. The number of aliphatic hydroxyl groups is 1. The van der Waals surface area contributed by atoms with E-state index in [1.54, 1.807) is 6.92 Å². The van der Waals surface area contributed by atoms with Crippen LogP contribution in [0.1, 0.15) is 24.0 Å². The zero-order chi connectivity index (χ0) is 18.9. The molecule has 1 aromatic heterocycles. The van der Waals surface area contributed by atoms with Crippen molar-refractivity contribution in [3.8, 4) is 0 Å². The molecule has 0 radical (unpaired) electrons. The molecule has 26 heavy (non-hydrogen) atoms. The molecule has 2 N–H and O–H groups in total. The minimum absolute atomic E-state index is 0.163. The second-order valence-electron chi connectivity index (χ2n) is 6.27. The number of benzene rings is 2. The van der Waals surface area contributed by atoms with Crippen molar-refractivity contribution in [3.05, 3.63) is 65.5 Å². The molecular weight excluding hydrogens is 357 g/mol. The van der Waals surface area contributed by atoms with E-state index in [2.05, 4.69) is 4.72 Å². The number of halogens is 1. The molecule has 0 spiro atoms. The number of aryl methyl sites for hydroxylation is 1. The fourth-order valence-electron chi connectivity index (χ4n) is 2.84. The largest absolute Gasteiger partial charge is 0.443 e. The normalized spacial score (nSPS) is 14.5. The fourth-order valence-corrected chi connectivity index (χ4v) is 4.08. The first kappa shape index (κ1) is 18.6. The summed E-state index contributed by atoms with van der Waals surface area (Å²) in [7, 11) is -3.98. The maximum Gasteiger partial charge on any atom is 0.274 e. The van der Waals surface area contributed by atoms with Crippen LogP contribution in [0.4, 0.5) is 4.39 Å². The first-order chi connectivity index (χ1) is 12.3. The summed E-state index contributed by atoms with van der Waals surface area (Å²) in [4.78, 5) is 0. The van der Waals surface area contributed by atoms with Crippen molar-refractivity contribution in [1.82, 2.24) is 4.72 Å². The molecule has 0 aliphatic rings. The summed E-state index contributed by atoms with van der Waals surface area (Å²) in [5.74, 6) is -0.713. The average Bonchev–Trinajstić information content (AvgIpc) is 2.97. The van der Waals surface area contributed by atoms with Gasteiger partial charge in [-0.05, 0) is 30.7 Å². The monoisotopic (exact) mass is 377 g/mol. The highest BCUT2D eigenvalue weighted by Crippen LogP contribution is 2.29. The second kappa shape index (κ2) is 7.19. The SMILES string of the molecule is Cc1c(S(=O)(=O)NCC(O)C(C)c2ccccc2)oc2ccc(F)cc12. The fraction of sp³-hybridized carbons (Fsp3) is 0.263. The summed E-state index contributed by atoms with van der Waals surface area (Å²) in [6.07, 6.45) is -0.908. The third-order valence-electron chi connectivity index (χ3n) is 4.48. The van der Waals surface area contributed by atoms with Crippen LogP contribution in [0.5, 0.6) is 0 Å². The van der Waals surface area contributed by atoms with Gasteiger partial charge in [0.05, 0.1) is 6.10 Å². The van der Waals surface area contributed by atoms with Crippen LogP contribution in [0.3, 0.4) is 0 Å². The zero-order valence-corrected chi connectivity index (χ0v) is 15.3. The Balaban J connectivity index is 1.78. The van der Waals surface area contributed by atoms with Gasteiger partial charge in [0.15, 0.2) is 0 Å². The smallest absolute Gasteiger partial charge is 0.274 e. The van der Waals surface area contributed by atoms with Gasteiger partial charge in [0, 0.05) is 23.4 Å². The quantitative estimate of drug-likeness (QED) is 0.691. The second-order valence-corrected chi connectivity index (χ2v) is 7.94. The summed E-state index contributed by atoms with van der Waals surface area (Å²) in [5.41, 5.74) is 1.54. The summed E-state index contributed by atoms with van der Waals surface area (Å²) < 4.78 is 46.3. The van der Waals surface area contributed by atoms with Crippen LogP contribution in [0.15, 0.2) is 58.0 Å². The molecule has 0 fully saturated rings. The van der Waals surface area contributed by atoms with Gasteiger partial charge in [-0.2, -0.15) is 0 Å². The van der Waals surface area contributed by atoms with E-state index < -0.39 is 21.9 Å². The molecular formula is C19H20FNO4S. The van der Waals surface area contributed by atoms with Gasteiger partial charge in [0.25, 0.3) is 10.0 Å². The van der Waals surface area contributed by atoms with Crippen molar-refractivity contribution < 1.29 is 22.3 Å². The lowest BCUT2D eigenvalue weighted by atomic mass is 9.96. The highest BCUT2D eigenvalue weighted by atomic mass is 32.2. The highest BCUT2D eigenvalue weighted by molar-refractivity contribution is 7.89. The number of hydrogen-bond donors (Lipinski definition) is 2. The molecule has 2 aromatic carbocycles. The first-order valence-electron chi connectivity index (χ1n) is 8.21. The minimum Gasteiger partial charge on any atom is -0.443 e. The van der Waals surface area contributed by atoms with Gasteiger partial charge >= 0.3 is 0 Å². The van der Waals surface area contributed by atoms with E-state index in [0.717, 1.165) is 5.56 Å². The van der Waals surface area contributed by atoms with Crippen molar-refractivity contribution in [1.29, 1.82) is 0 Å². The van der Waals surface area contributed by atoms with Crippen LogP contribution in [0.2, 0.25) is 0 Å². The van der Waals surface area contributed by atoms with Crippen LogP contribution >= 0.6 is 0 Å². The maximum absolute atomic E-state index is 13.4. The van der Waals surface area contributed by atoms with Crippen LogP contribution in [0, 0.1) is 12.7 Å². The predicted octanol–water partition coefficient (Wildman–Crippen LogP) is 3.32. The van der Waals surface area contributed by atoms with E-state index in [-0.39, 0.29) is 17.6 Å². The van der Waals surface area contributed by atoms with Gasteiger partial charge in [-0.3, -0.25) is 0 Å². The Morgan fingerprint density at radius 2 is 1.88 bits per heavy atom. The number of aliphatic hydroxyl groups excluding tert-OH is 1. The number of sulfonamides is 1.